The van der Waals surface area contributed by atoms with Crippen LogP contribution in [0.15, 0.2) is 106 Å². The van der Waals surface area contributed by atoms with Crippen LogP contribution in [0, 0.1) is 12.8 Å². The molecule has 36 heavy (non-hydrogen) atoms. The highest BCUT2D eigenvalue weighted by Crippen LogP contribution is 2.47. The summed E-state index contributed by atoms with van der Waals surface area (Å²) in [5.74, 6) is 0.0668. The van der Waals surface area contributed by atoms with Gasteiger partial charge in [0, 0.05) is 5.92 Å². The molecule has 2 aliphatic heterocycles. The van der Waals surface area contributed by atoms with Crippen LogP contribution in [0.5, 0.6) is 0 Å². The number of carbonyl (C=O) groups excluding carboxylic acids is 1. The Balaban J connectivity index is 1.37. The van der Waals surface area contributed by atoms with Gasteiger partial charge in [-0.1, -0.05) is 90.5 Å². The van der Waals surface area contributed by atoms with E-state index in [1.165, 1.54) is 34.0 Å². The number of hydrogen-bond donors (Lipinski definition) is 0. The average molecular weight is 490 g/mol. The minimum absolute atomic E-state index is 0.0263. The fourth-order valence-electron chi connectivity index (χ4n) is 5.20. The molecule has 2 heterocycles. The average Bonchev–Trinajstić information content (AvgIpc) is 3.47. The molecule has 0 radical (unpaired) electrons. The molecular formula is C31H27N3OS. The molecule has 4 nitrogen and oxygen atoms in total. The first-order valence-electron chi connectivity index (χ1n) is 12.4. The summed E-state index contributed by atoms with van der Waals surface area (Å²) in [5, 5.41) is 7.84. The second kappa shape index (κ2) is 9.75. The van der Waals surface area contributed by atoms with E-state index in [9.17, 15) is 4.79 Å². The normalized spacial score (nSPS) is 23.7. The van der Waals surface area contributed by atoms with Gasteiger partial charge in [-0.2, -0.15) is 10.1 Å². The number of aliphatic imine (C=N–C) groups is 1. The van der Waals surface area contributed by atoms with Crippen molar-refractivity contribution in [1.29, 1.82) is 0 Å². The van der Waals surface area contributed by atoms with Crippen molar-refractivity contribution in [2.75, 3.05) is 0 Å². The second-order valence-corrected chi connectivity index (χ2v) is 10.5. The largest absolute Gasteiger partial charge is 0.286 e. The molecule has 6 rings (SSSR count). The molecule has 5 heteroatoms. The first kappa shape index (κ1) is 22.7. The second-order valence-electron chi connectivity index (χ2n) is 9.49. The van der Waals surface area contributed by atoms with Crippen LogP contribution in [0.3, 0.4) is 0 Å². The summed E-state index contributed by atoms with van der Waals surface area (Å²) in [6, 6.07) is 29.2. The van der Waals surface area contributed by atoms with Crippen molar-refractivity contribution in [2.24, 2.45) is 16.0 Å². The third-order valence-corrected chi connectivity index (χ3v) is 7.94. The Morgan fingerprint density at radius 3 is 2.33 bits per heavy atom. The number of allylic oxidation sites excluding steroid dienone is 1. The molecular weight excluding hydrogens is 462 g/mol. The number of hydrogen-bond acceptors (Lipinski definition) is 4. The summed E-state index contributed by atoms with van der Waals surface area (Å²) in [6.07, 6.45) is 7.40. The van der Waals surface area contributed by atoms with E-state index < -0.39 is 0 Å². The van der Waals surface area contributed by atoms with Crippen LogP contribution < -0.4 is 0 Å². The van der Waals surface area contributed by atoms with E-state index in [4.69, 9.17) is 5.10 Å². The maximum absolute atomic E-state index is 12.9. The van der Waals surface area contributed by atoms with E-state index in [0.717, 1.165) is 30.5 Å². The molecule has 3 aromatic rings. The third kappa shape index (κ3) is 4.47. The molecule has 0 N–H and O–H groups in total. The monoisotopic (exact) mass is 489 g/mol. The number of amides is 1. The van der Waals surface area contributed by atoms with Gasteiger partial charge in [-0.05, 0) is 72.4 Å². The number of fused-ring (bicyclic) bond motifs is 1. The highest BCUT2D eigenvalue weighted by Gasteiger charge is 2.44. The summed E-state index contributed by atoms with van der Waals surface area (Å²) in [6.45, 7) is 2.06. The van der Waals surface area contributed by atoms with Crippen molar-refractivity contribution in [2.45, 2.75) is 32.2 Å². The van der Waals surface area contributed by atoms with Gasteiger partial charge in [-0.3, -0.25) is 4.79 Å². The molecule has 2 unspecified atom stereocenters. The van der Waals surface area contributed by atoms with Gasteiger partial charge in [0.15, 0.2) is 5.17 Å². The van der Waals surface area contributed by atoms with Gasteiger partial charge in [-0.25, -0.2) is 5.01 Å². The third-order valence-electron chi connectivity index (χ3n) is 6.96. The molecule has 1 saturated carbocycles. The Hall–Kier alpha value is -3.70. The van der Waals surface area contributed by atoms with E-state index in [2.05, 4.69) is 78.7 Å². The number of carbonyl (C=O) groups is 1. The number of aryl methyl sites for hydroxylation is 1. The van der Waals surface area contributed by atoms with Crippen molar-refractivity contribution < 1.29 is 4.79 Å². The Kier molecular flexibility index (Phi) is 6.16. The Bertz CT molecular complexity index is 1410. The highest BCUT2D eigenvalue weighted by molar-refractivity contribution is 8.18. The van der Waals surface area contributed by atoms with Gasteiger partial charge in [-0.15, -0.1) is 0 Å². The smallest absolute Gasteiger partial charge is 0.266 e. The molecule has 1 aliphatic carbocycles. The minimum atomic E-state index is -0.197. The predicted octanol–water partition coefficient (Wildman–Crippen LogP) is 7.26. The van der Waals surface area contributed by atoms with E-state index in [-0.39, 0.29) is 17.9 Å². The lowest BCUT2D eigenvalue weighted by Gasteiger charge is -2.30. The van der Waals surface area contributed by atoms with Crippen molar-refractivity contribution in [3.63, 3.8) is 0 Å². The number of nitrogens with zero attached hydrogens (tertiary/aromatic N) is 3. The number of thioether (sulfide) groups is 1. The Morgan fingerprint density at radius 2 is 1.58 bits per heavy atom. The van der Waals surface area contributed by atoms with Gasteiger partial charge in [0.1, 0.15) is 0 Å². The maximum Gasteiger partial charge on any atom is 0.286 e. The number of amidine groups is 1. The molecule has 2 atom stereocenters. The van der Waals surface area contributed by atoms with E-state index >= 15 is 0 Å². The van der Waals surface area contributed by atoms with Crippen LogP contribution in [-0.2, 0) is 4.79 Å². The summed E-state index contributed by atoms with van der Waals surface area (Å²) in [7, 11) is 0. The van der Waals surface area contributed by atoms with Crippen LogP contribution in [0.4, 0.5) is 0 Å². The van der Waals surface area contributed by atoms with E-state index in [0.29, 0.717) is 10.1 Å². The van der Waals surface area contributed by atoms with Crippen LogP contribution in [0.2, 0.25) is 0 Å². The maximum atomic E-state index is 12.9. The standard InChI is InChI=1S/C31H27N3OS/c1-21-15-17-23(18-16-21)20-27-30(35)32-31(36-27)34-29(24-11-6-3-7-12-24)26-14-8-13-25(28(26)33-34)19-22-9-4-2-5-10-22/h2-7,9-12,15-20,26,29H,8,13-14H2,1H3/b25-19+,27-20+. The number of rotatable bonds is 3. The zero-order valence-corrected chi connectivity index (χ0v) is 21.0. The molecule has 0 bridgehead atoms. The van der Waals surface area contributed by atoms with Crippen LogP contribution in [-0.4, -0.2) is 21.8 Å². The number of hydrazone groups is 1. The van der Waals surface area contributed by atoms with Crippen LogP contribution >= 0.6 is 11.8 Å². The fourth-order valence-corrected chi connectivity index (χ4v) is 6.10. The fraction of sp³-hybridized carbons (Fsp3) is 0.194. The first-order valence-corrected chi connectivity index (χ1v) is 13.3. The summed E-state index contributed by atoms with van der Waals surface area (Å²) in [5.41, 5.74) is 7.00. The number of benzene rings is 3. The molecule has 1 fully saturated rings. The zero-order chi connectivity index (χ0) is 24.5. The van der Waals surface area contributed by atoms with Gasteiger partial charge in [0.25, 0.3) is 5.91 Å². The summed E-state index contributed by atoms with van der Waals surface area (Å²) < 4.78 is 0. The highest BCUT2D eigenvalue weighted by atomic mass is 32.2. The molecule has 0 spiro atoms. The lowest BCUT2D eigenvalue weighted by molar-refractivity contribution is -0.113. The van der Waals surface area contributed by atoms with Crippen molar-refractivity contribution in [1.82, 2.24) is 5.01 Å². The van der Waals surface area contributed by atoms with Gasteiger partial charge < -0.3 is 0 Å². The van der Waals surface area contributed by atoms with Crippen LogP contribution in [0.25, 0.3) is 12.2 Å². The van der Waals surface area contributed by atoms with Crippen molar-refractivity contribution in [3.05, 3.63) is 118 Å². The zero-order valence-electron chi connectivity index (χ0n) is 20.2. The predicted molar refractivity (Wildman–Crippen MR) is 149 cm³/mol. The SMILES string of the molecule is Cc1ccc(/C=C2/SC(N3N=C4/C(=C/c5ccccc5)CCCC4C3c3ccccc3)=NC2=O)cc1. The summed E-state index contributed by atoms with van der Waals surface area (Å²) in [4.78, 5) is 18.0. The molecule has 1 amide bonds. The summed E-state index contributed by atoms with van der Waals surface area (Å²) >= 11 is 1.43. The molecule has 3 aromatic carbocycles. The van der Waals surface area contributed by atoms with Gasteiger partial charge in [0.05, 0.1) is 16.7 Å². The minimum Gasteiger partial charge on any atom is -0.266 e. The van der Waals surface area contributed by atoms with Crippen molar-refractivity contribution >= 4 is 40.7 Å². The topological polar surface area (TPSA) is 45.0 Å². The van der Waals surface area contributed by atoms with Crippen LogP contribution in [0.1, 0.15) is 47.6 Å². The molecule has 3 aliphatic rings. The molecule has 0 saturated heterocycles. The lowest BCUT2D eigenvalue weighted by atomic mass is 9.77. The Labute approximate surface area is 216 Å². The van der Waals surface area contributed by atoms with Crippen molar-refractivity contribution in [3.8, 4) is 0 Å². The Morgan fingerprint density at radius 1 is 0.889 bits per heavy atom. The van der Waals surface area contributed by atoms with E-state index in [1.807, 2.05) is 35.4 Å². The first-order chi connectivity index (χ1) is 17.7. The molecule has 0 aromatic heterocycles. The van der Waals surface area contributed by atoms with E-state index in [1.54, 1.807) is 0 Å². The lowest BCUT2D eigenvalue weighted by Crippen LogP contribution is -2.30. The van der Waals surface area contributed by atoms with Gasteiger partial charge in [0.2, 0.25) is 0 Å². The van der Waals surface area contributed by atoms with Gasteiger partial charge >= 0.3 is 0 Å². The quantitative estimate of drug-likeness (QED) is 0.364. The molecule has 178 valence electrons.